The number of hydrogen-bond acceptors (Lipinski definition) is 6. The minimum atomic E-state index is -1.27. The molecule has 6 rings (SSSR count). The predicted molar refractivity (Wildman–Crippen MR) is 196 cm³/mol. The number of Topliss-reactive ketones (excluding diaryl/α,β-unsaturated/α-hetero) is 1. The van der Waals surface area contributed by atoms with Gasteiger partial charge in [0.15, 0.2) is 5.78 Å². The average molecular weight is 697 g/mol. The van der Waals surface area contributed by atoms with Gasteiger partial charge in [0.2, 0.25) is 0 Å². The van der Waals surface area contributed by atoms with Gasteiger partial charge in [-0.3, -0.25) is 19.2 Å². The van der Waals surface area contributed by atoms with Crippen LogP contribution in [0, 0.1) is 31.6 Å². The van der Waals surface area contributed by atoms with E-state index in [4.69, 9.17) is 29.7 Å². The monoisotopic (exact) mass is 696 g/mol. The van der Waals surface area contributed by atoms with E-state index in [2.05, 4.69) is 6.58 Å². The van der Waals surface area contributed by atoms with Gasteiger partial charge in [0.25, 0.3) is 0 Å². The van der Waals surface area contributed by atoms with E-state index in [1.807, 2.05) is 59.8 Å². The van der Waals surface area contributed by atoms with Gasteiger partial charge in [-0.2, -0.15) is 11.4 Å². The van der Waals surface area contributed by atoms with Crippen molar-refractivity contribution in [1.82, 2.24) is 15.0 Å². The van der Waals surface area contributed by atoms with Crippen LogP contribution < -0.4 is 25.7 Å². The molecule has 8 bridgehead atoms. The quantitative estimate of drug-likeness (QED) is 0.104. The Morgan fingerprint density at radius 2 is 1.69 bits per heavy atom. The first-order chi connectivity index (χ1) is 23.9. The molecule has 0 N–H and O–H groups in total. The number of allylic oxidation sites excluding steroid dienone is 3. The molecule has 3 aromatic heterocycles. The van der Waals surface area contributed by atoms with Crippen molar-refractivity contribution >= 4 is 76.9 Å². The van der Waals surface area contributed by atoms with Gasteiger partial charge in [0.05, 0.1) is 7.11 Å². The van der Waals surface area contributed by atoms with E-state index in [1.165, 1.54) is 7.11 Å². The first kappa shape index (κ1) is 37.6. The Kier molecular flexibility index (Phi) is 11.0. The largest absolute Gasteiger partial charge is 2.00 e. The molecule has 0 amide bonds. The Morgan fingerprint density at radius 1 is 0.980 bits per heavy atom. The van der Waals surface area contributed by atoms with Crippen molar-refractivity contribution < 1.29 is 28.7 Å². The number of nitrogens with zero attached hydrogens (tertiary/aromatic N) is 4. The molecule has 0 aromatic carbocycles. The first-order valence-corrected chi connectivity index (χ1v) is 16.8. The van der Waals surface area contributed by atoms with Gasteiger partial charge < -0.3 is 29.7 Å². The number of rotatable bonds is 9. The second-order valence-electron chi connectivity index (χ2n) is 13.2. The summed E-state index contributed by atoms with van der Waals surface area (Å²) in [6.07, 6.45) is 10.8. The smallest absolute Gasteiger partial charge is 0.664 e. The molecule has 1 aliphatic carbocycles. The Morgan fingerprint density at radius 3 is 2.33 bits per heavy atom. The van der Waals surface area contributed by atoms with Gasteiger partial charge in [-0.1, -0.05) is 72.6 Å². The Balaban J connectivity index is 0.00000504. The zero-order chi connectivity index (χ0) is 36.0. The average Bonchev–Trinajstić information content (AvgIpc) is 3.83. The molecule has 0 radical (unpaired) electrons. The zero-order valence-corrected chi connectivity index (χ0v) is 31.6. The molecule has 1 fully saturated rings. The molecule has 51 heavy (non-hydrogen) atoms. The molecule has 260 valence electrons. The molecule has 0 saturated carbocycles. The number of methoxy groups -OCH3 is 1. The van der Waals surface area contributed by atoms with E-state index in [-0.39, 0.29) is 48.0 Å². The van der Waals surface area contributed by atoms with Gasteiger partial charge in [-0.15, -0.1) is 33.5 Å². The summed E-state index contributed by atoms with van der Waals surface area (Å²) >= 11 is 0. The fraction of sp³-hybridized carbons (Fsp3) is 0.350. The molecular weight excluding hydrogens is 657 g/mol. The fourth-order valence-corrected chi connectivity index (χ4v) is 7.27. The van der Waals surface area contributed by atoms with E-state index in [1.54, 1.807) is 12.2 Å². The zero-order valence-electron chi connectivity index (χ0n) is 30.2. The topological polar surface area (TPSA) is 143 Å². The van der Waals surface area contributed by atoms with Crippen molar-refractivity contribution in [1.29, 1.82) is 0 Å². The van der Waals surface area contributed by atoms with Crippen LogP contribution in [0.1, 0.15) is 106 Å². The minimum absolute atomic E-state index is 0. The molecule has 0 spiro atoms. The standard InChI is InChI=1S/C40H42N4O6.Mg/c1-9-23-20(5)27-15-31-24(10-2)26(18-45)32(42-31)16-28-21(6)25(11-12-33(46)50-14-13-19(3)4)37(43-28)35-36(40(48)49-8)39(47)34-22(7)29(44-38(34)35)17-30(23)41-27;/h10,13,15-18,21,25,36H,2,9,11-12,14H2,1,3-8H3,(H2-,42,43,44,45,47);/q-2;+2/p-2/b27-15-,30-17-;/t21-,25-,36+;/m0./s1. The summed E-state index contributed by atoms with van der Waals surface area (Å²) in [5.41, 5.74) is 8.32. The minimum Gasteiger partial charge on any atom is -0.664 e. The van der Waals surface area contributed by atoms with Gasteiger partial charge in [0, 0.05) is 17.5 Å². The van der Waals surface area contributed by atoms with Crippen LogP contribution in [0.15, 0.2) is 29.6 Å². The van der Waals surface area contributed by atoms with E-state index in [9.17, 15) is 19.2 Å². The molecule has 5 heterocycles. The molecule has 0 unspecified atom stereocenters. The van der Waals surface area contributed by atoms with E-state index in [0.29, 0.717) is 85.5 Å². The summed E-state index contributed by atoms with van der Waals surface area (Å²) < 4.78 is 10.6. The van der Waals surface area contributed by atoms with Crippen LogP contribution >= 0.6 is 0 Å². The maximum Gasteiger partial charge on any atom is 2.00 e. The van der Waals surface area contributed by atoms with Crippen LogP contribution in [-0.2, 0) is 25.5 Å². The van der Waals surface area contributed by atoms with Crippen LogP contribution in [0.5, 0.6) is 0 Å². The SMILES string of the molecule is C=Cc1c2[n-]c(c1C=O)/C=C1\[N-]/C(=C3\c4[n-]c(c(C)c4C(=O)[C@@H]3C(=O)OC)/C=c3\[n-]/c(c(C)c3CC)=C\2)[C@@H](CCC(=O)OCC=C(C)C)[C@@H]1C.[Mg+2]. The number of aromatic nitrogens is 3. The number of fused-ring (bicyclic) bond motifs is 7. The summed E-state index contributed by atoms with van der Waals surface area (Å²) in [7, 11) is 1.25. The Hall–Kier alpha value is -4.61. The first-order valence-electron chi connectivity index (χ1n) is 16.8. The third-order valence-electron chi connectivity index (χ3n) is 10.0. The second kappa shape index (κ2) is 14.9. The Bertz CT molecular complexity index is 2190. The van der Waals surface area contributed by atoms with Gasteiger partial charge >= 0.3 is 35.0 Å². The van der Waals surface area contributed by atoms with Crippen molar-refractivity contribution in [3.05, 3.63) is 102 Å². The van der Waals surface area contributed by atoms with Gasteiger partial charge in [-0.25, -0.2) is 0 Å². The molecule has 10 nitrogen and oxygen atoms in total. The number of carbonyl (C=O) groups excluding carboxylic acids is 4. The summed E-state index contributed by atoms with van der Waals surface area (Å²) in [5.74, 6) is -3.44. The fourth-order valence-electron chi connectivity index (χ4n) is 7.27. The number of esters is 2. The summed E-state index contributed by atoms with van der Waals surface area (Å²) in [6, 6.07) is 0. The third kappa shape index (κ3) is 6.53. The molecule has 2 aliphatic heterocycles. The molecule has 3 atom stereocenters. The Labute approximate surface area is 313 Å². The van der Waals surface area contributed by atoms with E-state index >= 15 is 0 Å². The second-order valence-corrected chi connectivity index (χ2v) is 13.2. The third-order valence-corrected chi connectivity index (χ3v) is 10.0. The van der Waals surface area contributed by atoms with Crippen molar-refractivity contribution in [3.8, 4) is 0 Å². The van der Waals surface area contributed by atoms with Crippen molar-refractivity contribution in [2.45, 2.75) is 60.8 Å². The van der Waals surface area contributed by atoms with Crippen LogP contribution in [0.4, 0.5) is 0 Å². The maximum absolute atomic E-state index is 14.2. The van der Waals surface area contributed by atoms with Crippen LogP contribution in [0.3, 0.4) is 0 Å². The molecule has 3 aliphatic rings. The molecular formula is C40H40MgN4O6-2. The van der Waals surface area contributed by atoms with Gasteiger partial charge in [-0.05, 0) is 64.0 Å². The number of ether oxygens (including phenoxy) is 2. The summed E-state index contributed by atoms with van der Waals surface area (Å²) in [6.45, 7) is 15.8. The van der Waals surface area contributed by atoms with Crippen LogP contribution in [0.25, 0.3) is 35.2 Å². The van der Waals surface area contributed by atoms with E-state index < -0.39 is 23.6 Å². The van der Waals surface area contributed by atoms with Crippen molar-refractivity contribution in [2.24, 2.45) is 17.8 Å². The van der Waals surface area contributed by atoms with Crippen molar-refractivity contribution in [3.63, 3.8) is 0 Å². The van der Waals surface area contributed by atoms with Crippen LogP contribution in [0.2, 0.25) is 0 Å². The predicted octanol–water partition coefficient (Wildman–Crippen LogP) is 4.45. The number of ketones is 1. The summed E-state index contributed by atoms with van der Waals surface area (Å²) in [5, 5.41) is 6.49. The normalized spacial score (nSPS) is 22.3. The van der Waals surface area contributed by atoms with Gasteiger partial charge in [0.1, 0.15) is 18.8 Å². The number of carbonyl (C=O) groups is 4. The molecule has 11 heteroatoms. The number of hydrogen-bond donors (Lipinski definition) is 0. The summed E-state index contributed by atoms with van der Waals surface area (Å²) in [4.78, 5) is 67.8. The van der Waals surface area contributed by atoms with Crippen LogP contribution in [-0.4, -0.2) is 60.8 Å². The van der Waals surface area contributed by atoms with E-state index in [0.717, 1.165) is 23.0 Å². The molecule has 1 saturated heterocycles. The molecule has 3 aromatic rings. The maximum atomic E-state index is 14.2. The number of aldehydes is 1. The van der Waals surface area contributed by atoms with Crippen molar-refractivity contribution in [2.75, 3.05) is 13.7 Å².